The van der Waals surface area contributed by atoms with Gasteiger partial charge in [-0.2, -0.15) is 0 Å². The predicted molar refractivity (Wildman–Crippen MR) is 305 cm³/mol. The zero-order chi connectivity index (χ0) is 48.5. The van der Waals surface area contributed by atoms with Crippen LogP contribution in [0.25, 0.3) is 0 Å². The lowest BCUT2D eigenvalue weighted by Gasteiger charge is -2.71. The third kappa shape index (κ3) is 8.33. The van der Waals surface area contributed by atoms with Crippen LogP contribution in [0.15, 0.2) is 69.6 Å². The van der Waals surface area contributed by atoms with Gasteiger partial charge in [-0.15, -0.1) is 0 Å². The van der Waals surface area contributed by atoms with Crippen LogP contribution in [0.2, 0.25) is 87.1 Å². The molecule has 64 heavy (non-hydrogen) atoms. The highest BCUT2D eigenvalue weighted by Crippen LogP contribution is 2.78. The molecule has 3 aromatic carbocycles. The summed E-state index contributed by atoms with van der Waals surface area (Å²) < 4.78 is 0.463. The third-order valence-electron chi connectivity index (χ3n) is 16.2. The molecule has 2 aliphatic heterocycles. The van der Waals surface area contributed by atoms with Crippen LogP contribution in [0.1, 0.15) is 165 Å². The van der Waals surface area contributed by atoms with Crippen molar-refractivity contribution in [3.05, 3.63) is 88.0 Å². The van der Waals surface area contributed by atoms with Crippen molar-refractivity contribution in [1.29, 1.82) is 0 Å². The van der Waals surface area contributed by atoms with Crippen molar-refractivity contribution in [2.75, 3.05) is 0 Å². The van der Waals surface area contributed by atoms with Gasteiger partial charge in [-0.05, 0) is 82.9 Å². The van der Waals surface area contributed by atoms with Crippen molar-refractivity contribution in [2.45, 2.75) is 219 Å². The maximum Gasteiger partial charge on any atom is 0.183 e. The van der Waals surface area contributed by atoms with Crippen LogP contribution < -0.4 is 0 Å². The highest BCUT2D eigenvalue weighted by atomic mass is 28.5. The summed E-state index contributed by atoms with van der Waals surface area (Å²) in [6.07, 6.45) is 2.67. The van der Waals surface area contributed by atoms with Crippen LogP contribution in [-0.4, -0.2) is 64.2 Å². The maximum absolute atomic E-state index is 6.61. The van der Waals surface area contributed by atoms with Crippen LogP contribution in [0.5, 0.6) is 0 Å². The van der Waals surface area contributed by atoms with E-state index in [1.165, 1.54) is 57.6 Å². The fourth-order valence-electron chi connectivity index (χ4n) is 14.1. The Morgan fingerprint density at radius 3 is 0.875 bits per heavy atom. The Balaban J connectivity index is 2.30. The Bertz CT molecular complexity index is 2110. The van der Waals surface area contributed by atoms with E-state index in [4.69, 9.17) is 15.0 Å². The number of rotatable bonds is 13. The fraction of sp³-hybridized carbons (Fsp3) is 0.618. The topological polar surface area (TPSA) is 37.1 Å². The number of nitrogens with zero attached hydrogens (tertiary/aromatic N) is 3. The van der Waals surface area contributed by atoms with Gasteiger partial charge >= 0.3 is 0 Å². The molecule has 2 aliphatic rings. The van der Waals surface area contributed by atoms with Crippen molar-refractivity contribution >= 4 is 81.2 Å². The Kier molecular flexibility index (Phi) is 15.2. The van der Waals surface area contributed by atoms with E-state index in [1.54, 1.807) is 9.92 Å². The van der Waals surface area contributed by atoms with Gasteiger partial charge in [0.1, 0.15) is 0 Å². The number of hydrogen-bond acceptors (Lipinski definition) is 3. The third-order valence-corrected chi connectivity index (χ3v) is 59.9. The summed E-state index contributed by atoms with van der Waals surface area (Å²) >= 11 is 0. The standard InChI is InChI=1S/C55H91N3Si6/c1-37(2)43-28-25-29-44(38(3)4)49(43)56-36-59-52(57-50-45(39(5)6)30-26-31-46(50)40(7)8)64(53(59)58-51-47(41(9)10)32-27-33-48(51)42(11)12)54(60(13,14)15,61(16,17)18)34-35-55(64,62(19,20)21)63(22,23)24/h25-33,37-42H,34-35H2,1-24H3. The van der Waals surface area contributed by atoms with E-state index < -0.39 is 48.8 Å². The molecule has 350 valence electrons. The Morgan fingerprint density at radius 1 is 0.422 bits per heavy atom. The van der Waals surface area contributed by atoms with E-state index in [0.717, 1.165) is 5.69 Å². The molecule has 0 saturated carbocycles. The second-order valence-electron chi connectivity index (χ2n) is 25.9. The van der Waals surface area contributed by atoms with E-state index >= 15 is 0 Å². The quantitative estimate of drug-likeness (QED) is 0.121. The Hall–Kier alpha value is -2.12. The van der Waals surface area contributed by atoms with Gasteiger partial charge in [0.2, 0.25) is 0 Å². The van der Waals surface area contributed by atoms with E-state index in [0.29, 0.717) is 35.5 Å². The summed E-state index contributed by atoms with van der Waals surface area (Å²) in [5.74, 6) is 2.14. The summed E-state index contributed by atoms with van der Waals surface area (Å²) in [5, 5.41) is 0. The monoisotopic (exact) mass is 962 g/mol. The molecule has 0 unspecified atom stereocenters. The van der Waals surface area contributed by atoms with Crippen LogP contribution >= 0.6 is 0 Å². The number of para-hydroxylation sites is 3. The van der Waals surface area contributed by atoms with Crippen molar-refractivity contribution in [1.82, 2.24) is 0 Å². The minimum Gasteiger partial charge on any atom is -0.261 e. The largest absolute Gasteiger partial charge is 0.261 e. The van der Waals surface area contributed by atoms with Crippen molar-refractivity contribution < 1.29 is 0 Å². The van der Waals surface area contributed by atoms with Crippen LogP contribution in [0.4, 0.5) is 17.1 Å². The van der Waals surface area contributed by atoms with Crippen molar-refractivity contribution in [3.8, 4) is 0 Å². The molecule has 0 amide bonds. The zero-order valence-electron chi connectivity index (χ0n) is 45.4. The summed E-state index contributed by atoms with van der Waals surface area (Å²) in [7, 11) is -12.8. The summed E-state index contributed by atoms with van der Waals surface area (Å²) in [6.45, 7) is 61.9. The fourth-order valence-corrected chi connectivity index (χ4v) is 75.2. The van der Waals surface area contributed by atoms with E-state index in [1.807, 2.05) is 0 Å². The van der Waals surface area contributed by atoms with Crippen LogP contribution in [-0.2, 0) is 0 Å². The molecule has 2 fully saturated rings. The molecule has 3 aromatic rings. The van der Waals surface area contributed by atoms with Gasteiger partial charge in [0.25, 0.3) is 0 Å². The first-order chi connectivity index (χ1) is 29.3. The van der Waals surface area contributed by atoms with Gasteiger partial charge in [-0.3, -0.25) is 9.98 Å². The first-order valence-corrected chi connectivity index (χ1v) is 42.7. The number of hydrogen-bond donors (Lipinski definition) is 0. The van der Waals surface area contributed by atoms with Gasteiger partial charge in [-0.1, -0.05) is 229 Å². The molecular weight excluding hydrogens is 871 g/mol. The van der Waals surface area contributed by atoms with Crippen LogP contribution in [0, 0.1) is 0 Å². The molecular formula is C55H91N3Si6. The summed E-state index contributed by atoms with van der Waals surface area (Å²) in [4.78, 5) is 22.2. The normalized spacial score (nSPS) is 19.1. The highest BCUT2D eigenvalue weighted by molar-refractivity contribution is 7.72. The molecule has 2 heterocycles. The van der Waals surface area contributed by atoms with Gasteiger partial charge in [0.05, 0.1) is 17.1 Å². The van der Waals surface area contributed by atoms with E-state index in [-0.39, 0.29) is 8.57 Å². The summed E-state index contributed by atoms with van der Waals surface area (Å²) in [6, 6.07) is 21.1. The van der Waals surface area contributed by atoms with E-state index in [9.17, 15) is 0 Å². The summed E-state index contributed by atoms with van der Waals surface area (Å²) in [5.41, 5.74) is 16.1. The van der Waals surface area contributed by atoms with E-state index in [2.05, 4.69) is 222 Å². The molecule has 0 N–H and O–H groups in total. The second-order valence-corrected chi connectivity index (χ2v) is 57.4. The minimum absolute atomic E-state index is 0.232. The smallest absolute Gasteiger partial charge is 0.183 e. The number of benzene rings is 3. The molecule has 2 saturated heterocycles. The number of aliphatic imine (C=N–C) groups is 3. The molecule has 0 aromatic heterocycles. The zero-order valence-corrected chi connectivity index (χ0v) is 51.4. The SMILES string of the molecule is CC(C)c1cccc(C(C)C)c1N=C=[Si]1C(=Nc2c(C(C)C)cccc2C(C)C)[Si]2(C1=Nc1c(C(C)C)cccc1C(C)C)C([Si](C)(C)C)([Si](C)(C)C)CCC2([Si](C)(C)C)[Si](C)(C)C. The van der Waals surface area contributed by atoms with Crippen LogP contribution in [0.3, 0.4) is 0 Å². The maximum atomic E-state index is 6.61. The molecule has 0 aliphatic carbocycles. The first-order valence-electron chi connectivity index (χ1n) is 25.2. The minimum atomic E-state index is -2.94. The molecule has 3 nitrogen and oxygen atoms in total. The molecule has 5 rings (SSSR count). The van der Waals surface area contributed by atoms with Crippen molar-refractivity contribution in [3.63, 3.8) is 0 Å². The lowest BCUT2D eigenvalue weighted by molar-refractivity contribution is 0.763. The molecule has 9 heteroatoms. The lowest BCUT2D eigenvalue weighted by atomic mass is 9.93. The van der Waals surface area contributed by atoms with Gasteiger partial charge in [0.15, 0.2) is 16.5 Å². The molecule has 0 atom stereocenters. The lowest BCUT2D eigenvalue weighted by Crippen LogP contribution is -2.90. The van der Waals surface area contributed by atoms with Gasteiger partial charge in [0, 0.05) is 42.2 Å². The van der Waals surface area contributed by atoms with Crippen molar-refractivity contribution in [2.24, 2.45) is 15.0 Å². The Labute approximate surface area is 400 Å². The average molecular weight is 963 g/mol. The second kappa shape index (κ2) is 18.4. The van der Waals surface area contributed by atoms with Gasteiger partial charge < -0.3 is 0 Å². The molecule has 0 bridgehead atoms. The van der Waals surface area contributed by atoms with Gasteiger partial charge in [-0.25, -0.2) is 4.99 Å². The Morgan fingerprint density at radius 2 is 0.656 bits per heavy atom. The first kappa shape index (κ1) is 52.8. The average Bonchev–Trinajstić information content (AvgIpc) is 3.54. The highest BCUT2D eigenvalue weighted by Gasteiger charge is 2.87. The molecule has 1 spiro atoms. The molecule has 0 radical (unpaired) electrons. The predicted octanol–water partition coefficient (Wildman–Crippen LogP) is 18.0.